The summed E-state index contributed by atoms with van der Waals surface area (Å²) in [5, 5.41) is 0. The van der Waals surface area contributed by atoms with Crippen LogP contribution in [0.3, 0.4) is 0 Å². The number of hydrogen-bond acceptors (Lipinski definition) is 2. The average molecular weight is 250 g/mol. The van der Waals surface area contributed by atoms with Gasteiger partial charge in [0.1, 0.15) is 0 Å². The first-order valence-electron chi connectivity index (χ1n) is 6.22. The minimum Gasteiger partial charge on any atom is -0.337 e. The van der Waals surface area contributed by atoms with E-state index in [0.717, 1.165) is 12.8 Å². The molecule has 3 nitrogen and oxygen atoms in total. The van der Waals surface area contributed by atoms with E-state index >= 15 is 0 Å². The van der Waals surface area contributed by atoms with E-state index in [-0.39, 0.29) is 5.41 Å². The standard InChI is InChI=1S/C10H18F2N2O.C2H6/c1-3-9(2)4-5-14(7-9)8(15)10(11,12)6-13;1-2/h3-7,13H2,1-2H3;1-2H3/t9-;/m0./s1. The van der Waals surface area contributed by atoms with Gasteiger partial charge in [0, 0.05) is 13.1 Å². The number of hydrogen-bond donors (Lipinski definition) is 1. The second-order valence-electron chi connectivity index (χ2n) is 4.55. The zero-order valence-electron chi connectivity index (χ0n) is 11.2. The zero-order chi connectivity index (χ0) is 13.7. The Morgan fingerprint density at radius 1 is 1.47 bits per heavy atom. The van der Waals surface area contributed by atoms with Gasteiger partial charge in [0.15, 0.2) is 0 Å². The minimum absolute atomic E-state index is 0.0136. The van der Waals surface area contributed by atoms with Crippen LogP contribution in [-0.2, 0) is 4.79 Å². The summed E-state index contributed by atoms with van der Waals surface area (Å²) in [4.78, 5) is 12.6. The van der Waals surface area contributed by atoms with Gasteiger partial charge in [0.05, 0.1) is 6.54 Å². The Kier molecular flexibility index (Phi) is 6.02. The van der Waals surface area contributed by atoms with Crippen molar-refractivity contribution in [2.75, 3.05) is 19.6 Å². The molecule has 5 heteroatoms. The molecule has 0 spiro atoms. The monoisotopic (exact) mass is 250 g/mol. The Labute approximate surface area is 102 Å². The van der Waals surface area contributed by atoms with Gasteiger partial charge in [-0.25, -0.2) is 0 Å². The highest BCUT2D eigenvalue weighted by atomic mass is 19.3. The van der Waals surface area contributed by atoms with Gasteiger partial charge >= 0.3 is 5.92 Å². The maximum Gasteiger partial charge on any atom is 0.336 e. The van der Waals surface area contributed by atoms with E-state index in [9.17, 15) is 13.6 Å². The van der Waals surface area contributed by atoms with E-state index in [4.69, 9.17) is 5.73 Å². The maximum atomic E-state index is 13.0. The van der Waals surface area contributed by atoms with Crippen molar-refractivity contribution < 1.29 is 13.6 Å². The Hall–Kier alpha value is -0.710. The highest BCUT2D eigenvalue weighted by Gasteiger charge is 2.45. The lowest BCUT2D eigenvalue weighted by Gasteiger charge is -2.25. The second kappa shape index (κ2) is 6.28. The summed E-state index contributed by atoms with van der Waals surface area (Å²) in [6.45, 7) is 7.94. The van der Waals surface area contributed by atoms with Crippen LogP contribution in [0, 0.1) is 5.41 Å². The fraction of sp³-hybridized carbons (Fsp3) is 0.917. The van der Waals surface area contributed by atoms with Crippen molar-refractivity contribution in [3.05, 3.63) is 0 Å². The van der Waals surface area contributed by atoms with Crippen LogP contribution in [0.2, 0.25) is 0 Å². The van der Waals surface area contributed by atoms with Gasteiger partial charge in [0.2, 0.25) is 0 Å². The third-order valence-corrected chi connectivity index (χ3v) is 3.27. The number of rotatable bonds is 3. The van der Waals surface area contributed by atoms with Crippen LogP contribution in [0.25, 0.3) is 0 Å². The van der Waals surface area contributed by atoms with E-state index in [0.29, 0.717) is 13.1 Å². The predicted molar refractivity (Wildman–Crippen MR) is 64.9 cm³/mol. The molecule has 0 unspecified atom stereocenters. The fourth-order valence-electron chi connectivity index (χ4n) is 1.80. The third kappa shape index (κ3) is 3.91. The van der Waals surface area contributed by atoms with Crippen LogP contribution in [0.4, 0.5) is 8.78 Å². The van der Waals surface area contributed by atoms with E-state index in [1.165, 1.54) is 4.90 Å². The number of nitrogens with two attached hydrogens (primary N) is 1. The summed E-state index contributed by atoms with van der Waals surface area (Å²) in [5.74, 6) is -4.53. The molecule has 17 heavy (non-hydrogen) atoms. The zero-order valence-corrected chi connectivity index (χ0v) is 11.2. The molecule has 1 aliphatic heterocycles. The molecule has 1 fully saturated rings. The van der Waals surface area contributed by atoms with Gasteiger partial charge in [-0.1, -0.05) is 27.7 Å². The summed E-state index contributed by atoms with van der Waals surface area (Å²) >= 11 is 0. The molecule has 1 saturated heterocycles. The molecule has 0 radical (unpaired) electrons. The van der Waals surface area contributed by atoms with Crippen molar-refractivity contribution in [1.82, 2.24) is 4.90 Å². The van der Waals surface area contributed by atoms with Crippen molar-refractivity contribution in [3.8, 4) is 0 Å². The Bertz CT molecular complexity index is 259. The van der Waals surface area contributed by atoms with Crippen molar-refractivity contribution >= 4 is 5.91 Å². The first-order valence-corrected chi connectivity index (χ1v) is 6.22. The van der Waals surface area contributed by atoms with Crippen molar-refractivity contribution in [2.45, 2.75) is 46.5 Å². The first-order chi connectivity index (χ1) is 7.84. The molecular weight excluding hydrogens is 226 g/mol. The molecule has 1 rings (SSSR count). The molecule has 2 N–H and O–H groups in total. The lowest BCUT2D eigenvalue weighted by atomic mass is 9.87. The Morgan fingerprint density at radius 2 is 2.00 bits per heavy atom. The average Bonchev–Trinajstić information content (AvgIpc) is 2.74. The number of likely N-dealkylation sites (tertiary alicyclic amines) is 1. The Balaban J connectivity index is 0.00000121. The molecule has 0 saturated carbocycles. The fourth-order valence-corrected chi connectivity index (χ4v) is 1.80. The summed E-state index contributed by atoms with van der Waals surface area (Å²) in [6.07, 6.45) is 1.68. The summed E-state index contributed by atoms with van der Waals surface area (Å²) < 4.78 is 26.1. The minimum atomic E-state index is -3.40. The quantitative estimate of drug-likeness (QED) is 0.835. The lowest BCUT2D eigenvalue weighted by Crippen LogP contribution is -2.47. The van der Waals surface area contributed by atoms with Gasteiger partial charge in [-0.3, -0.25) is 4.79 Å². The van der Waals surface area contributed by atoms with Gasteiger partial charge in [-0.2, -0.15) is 8.78 Å². The molecule has 102 valence electrons. The van der Waals surface area contributed by atoms with Gasteiger partial charge in [0.25, 0.3) is 5.91 Å². The second-order valence-corrected chi connectivity index (χ2v) is 4.55. The third-order valence-electron chi connectivity index (χ3n) is 3.27. The van der Waals surface area contributed by atoms with Crippen molar-refractivity contribution in [3.63, 3.8) is 0 Å². The summed E-state index contributed by atoms with van der Waals surface area (Å²) in [7, 11) is 0. The molecule has 1 atom stereocenters. The summed E-state index contributed by atoms with van der Waals surface area (Å²) in [5.41, 5.74) is 4.86. The lowest BCUT2D eigenvalue weighted by molar-refractivity contribution is -0.155. The number of halogens is 2. The SMILES string of the molecule is CC.CC[C@@]1(C)CCN(C(=O)C(F)(F)CN)C1. The van der Waals surface area contributed by atoms with Crippen molar-refractivity contribution in [1.29, 1.82) is 0 Å². The predicted octanol–water partition coefficient (Wildman–Crippen LogP) is 2.26. The van der Waals surface area contributed by atoms with Crippen LogP contribution in [0.5, 0.6) is 0 Å². The van der Waals surface area contributed by atoms with E-state index in [2.05, 4.69) is 0 Å². The normalized spacial score (nSPS) is 24.3. The molecule has 0 aliphatic carbocycles. The van der Waals surface area contributed by atoms with Crippen LogP contribution in [0.1, 0.15) is 40.5 Å². The maximum absolute atomic E-state index is 13.0. The van der Waals surface area contributed by atoms with E-state index in [1.807, 2.05) is 27.7 Å². The molecular formula is C12H24F2N2O. The van der Waals surface area contributed by atoms with Crippen LogP contribution >= 0.6 is 0 Å². The number of carbonyl (C=O) groups excluding carboxylic acids is 1. The van der Waals surface area contributed by atoms with Crippen LogP contribution < -0.4 is 5.73 Å². The molecule has 1 amide bonds. The van der Waals surface area contributed by atoms with E-state index in [1.54, 1.807) is 0 Å². The number of alkyl halides is 2. The van der Waals surface area contributed by atoms with Crippen LogP contribution in [-0.4, -0.2) is 36.4 Å². The summed E-state index contributed by atoms with van der Waals surface area (Å²) in [6, 6.07) is 0. The molecule has 0 aromatic rings. The first kappa shape index (κ1) is 16.3. The highest BCUT2D eigenvalue weighted by molar-refractivity contribution is 5.84. The van der Waals surface area contributed by atoms with Gasteiger partial charge in [-0.05, 0) is 18.3 Å². The molecule has 0 aromatic carbocycles. The number of carbonyl (C=O) groups is 1. The largest absolute Gasteiger partial charge is 0.337 e. The number of nitrogens with zero attached hydrogens (tertiary/aromatic N) is 1. The molecule has 1 heterocycles. The van der Waals surface area contributed by atoms with Crippen molar-refractivity contribution in [2.24, 2.45) is 11.1 Å². The molecule has 1 aliphatic rings. The van der Waals surface area contributed by atoms with Gasteiger partial charge in [-0.15, -0.1) is 0 Å². The highest BCUT2D eigenvalue weighted by Crippen LogP contribution is 2.34. The smallest absolute Gasteiger partial charge is 0.336 e. The topological polar surface area (TPSA) is 46.3 Å². The molecule has 0 aromatic heterocycles. The van der Waals surface area contributed by atoms with Gasteiger partial charge < -0.3 is 10.6 Å². The van der Waals surface area contributed by atoms with E-state index < -0.39 is 18.4 Å². The number of amides is 1. The Morgan fingerprint density at radius 3 is 2.35 bits per heavy atom. The van der Waals surface area contributed by atoms with Crippen LogP contribution in [0.15, 0.2) is 0 Å². The molecule has 0 bridgehead atoms.